The molecule has 162 valence electrons. The normalized spacial score (nSPS) is 25.3. The molecule has 4 N–H and O–H groups in total. The van der Waals surface area contributed by atoms with Crippen LogP contribution in [-0.4, -0.2) is 32.2 Å². The van der Waals surface area contributed by atoms with E-state index in [-0.39, 0.29) is 22.6 Å². The summed E-state index contributed by atoms with van der Waals surface area (Å²) >= 11 is 0. The van der Waals surface area contributed by atoms with Gasteiger partial charge in [-0.25, -0.2) is 0 Å². The van der Waals surface area contributed by atoms with Crippen LogP contribution in [0.4, 0.5) is 11.6 Å². The van der Waals surface area contributed by atoms with Crippen molar-refractivity contribution >= 4 is 23.5 Å². The highest BCUT2D eigenvalue weighted by Gasteiger charge is 2.55. The van der Waals surface area contributed by atoms with Crippen LogP contribution in [-0.2, 0) is 22.4 Å². The zero-order valence-electron chi connectivity index (χ0n) is 17.9. The molecule has 8 heteroatoms. The second-order valence-electron chi connectivity index (χ2n) is 9.03. The van der Waals surface area contributed by atoms with Crippen molar-refractivity contribution in [3.63, 3.8) is 0 Å². The van der Waals surface area contributed by atoms with Crippen LogP contribution in [0.3, 0.4) is 0 Å². The van der Waals surface area contributed by atoms with Crippen molar-refractivity contribution in [3.05, 3.63) is 23.5 Å². The van der Waals surface area contributed by atoms with Gasteiger partial charge in [0.1, 0.15) is 0 Å². The smallest absolute Gasteiger partial charge is 0.231 e. The molecule has 5 rings (SSSR count). The van der Waals surface area contributed by atoms with Gasteiger partial charge in [-0.3, -0.25) is 19.8 Å². The van der Waals surface area contributed by atoms with Gasteiger partial charge in [0.05, 0.1) is 0 Å². The second kappa shape index (κ2) is 8.24. The number of aryl methyl sites for hydroxylation is 2. The van der Waals surface area contributed by atoms with Crippen molar-refractivity contribution in [2.45, 2.75) is 78.1 Å². The summed E-state index contributed by atoms with van der Waals surface area (Å²) in [4.78, 5) is 26.1. The fourth-order valence-corrected chi connectivity index (χ4v) is 5.01. The number of H-pyrrole nitrogens is 2. The molecule has 0 saturated heterocycles. The van der Waals surface area contributed by atoms with Gasteiger partial charge in [-0.05, 0) is 51.4 Å². The third-order valence-corrected chi connectivity index (χ3v) is 6.99. The van der Waals surface area contributed by atoms with Gasteiger partial charge < -0.3 is 10.6 Å². The number of hydrogen-bond donors (Lipinski definition) is 4. The lowest BCUT2D eigenvalue weighted by molar-refractivity contribution is -0.144. The third-order valence-electron chi connectivity index (χ3n) is 6.99. The Bertz CT molecular complexity index is 816. The molecule has 0 atom stereocenters. The lowest BCUT2D eigenvalue weighted by Crippen LogP contribution is -2.52. The zero-order valence-corrected chi connectivity index (χ0v) is 17.9. The Morgan fingerprint density at radius 2 is 1.17 bits per heavy atom. The van der Waals surface area contributed by atoms with Crippen LogP contribution in [0.15, 0.2) is 12.1 Å². The van der Waals surface area contributed by atoms with Gasteiger partial charge in [0, 0.05) is 34.4 Å². The Kier molecular flexibility index (Phi) is 5.66. The predicted molar refractivity (Wildman–Crippen MR) is 115 cm³/mol. The number of carbonyl (C=O) groups excluding carboxylic acids is 2. The summed E-state index contributed by atoms with van der Waals surface area (Å²) < 4.78 is 0. The van der Waals surface area contributed by atoms with E-state index >= 15 is 0 Å². The number of fused-ring (bicyclic) bond motifs is 3. The highest BCUT2D eigenvalue weighted by Crippen LogP contribution is 2.57. The molecule has 2 aromatic heterocycles. The van der Waals surface area contributed by atoms with Gasteiger partial charge in [-0.2, -0.15) is 10.2 Å². The van der Waals surface area contributed by atoms with Crippen molar-refractivity contribution in [1.82, 2.24) is 20.4 Å². The van der Waals surface area contributed by atoms with E-state index in [1.54, 1.807) is 0 Å². The number of hydrogen-bond acceptors (Lipinski definition) is 4. The SMILES string of the molecule is CCCc1cc(NC(=O)C23CCC(C(=O)Nc4cc(CCC)[nH]n4)(CC2)CC3)n[nH]1. The van der Waals surface area contributed by atoms with E-state index in [1.165, 1.54) is 0 Å². The van der Waals surface area contributed by atoms with Crippen molar-refractivity contribution < 1.29 is 9.59 Å². The maximum Gasteiger partial charge on any atom is 0.231 e. The molecule has 0 unspecified atom stereocenters. The van der Waals surface area contributed by atoms with E-state index < -0.39 is 0 Å². The number of nitrogens with one attached hydrogen (secondary N) is 4. The molecule has 3 aliphatic rings. The first-order valence-corrected chi connectivity index (χ1v) is 11.2. The van der Waals surface area contributed by atoms with Crippen LogP contribution >= 0.6 is 0 Å². The Hall–Kier alpha value is -2.64. The van der Waals surface area contributed by atoms with Gasteiger partial charge in [0.2, 0.25) is 11.8 Å². The number of nitrogens with zero attached hydrogens (tertiary/aromatic N) is 2. The monoisotopic (exact) mass is 412 g/mol. The summed E-state index contributed by atoms with van der Waals surface area (Å²) in [7, 11) is 0. The molecular weight excluding hydrogens is 380 g/mol. The van der Waals surface area contributed by atoms with Crippen LogP contribution in [0.1, 0.15) is 76.6 Å². The third kappa shape index (κ3) is 3.87. The first kappa shape index (κ1) is 20.6. The van der Waals surface area contributed by atoms with Crippen molar-refractivity contribution in [3.8, 4) is 0 Å². The van der Waals surface area contributed by atoms with Crippen LogP contribution in [0.25, 0.3) is 0 Å². The standard InChI is InChI=1S/C22H32N6O2/c1-3-5-15-13-17(27-25-15)23-19(29)21-7-10-22(11-8-21,12-9-21)20(30)24-18-14-16(6-4-2)26-28-18/h13-14H,3-12H2,1-2H3,(H2,23,25,27,29)(H2,24,26,28,30). The summed E-state index contributed by atoms with van der Waals surface area (Å²) in [6.07, 6.45) is 8.31. The van der Waals surface area contributed by atoms with Gasteiger partial charge in [0.25, 0.3) is 0 Å². The Morgan fingerprint density at radius 3 is 1.50 bits per heavy atom. The Morgan fingerprint density at radius 1 is 0.800 bits per heavy atom. The van der Waals surface area contributed by atoms with E-state index in [1.807, 2.05) is 12.1 Å². The topological polar surface area (TPSA) is 116 Å². The second-order valence-corrected chi connectivity index (χ2v) is 9.03. The molecule has 0 radical (unpaired) electrons. The first-order chi connectivity index (χ1) is 14.5. The molecule has 2 bridgehead atoms. The van der Waals surface area contributed by atoms with Crippen molar-refractivity contribution in [2.75, 3.05) is 10.6 Å². The van der Waals surface area contributed by atoms with E-state index in [0.29, 0.717) is 11.6 Å². The Labute approximate surface area is 177 Å². The molecule has 0 aliphatic heterocycles. The van der Waals surface area contributed by atoms with E-state index in [9.17, 15) is 9.59 Å². The summed E-state index contributed by atoms with van der Waals surface area (Å²) in [5, 5.41) is 20.4. The number of carbonyl (C=O) groups is 2. The van der Waals surface area contributed by atoms with Crippen molar-refractivity contribution in [1.29, 1.82) is 0 Å². The van der Waals surface area contributed by atoms with E-state index in [2.05, 4.69) is 44.9 Å². The number of aromatic nitrogens is 4. The fourth-order valence-electron chi connectivity index (χ4n) is 5.01. The average molecular weight is 413 g/mol. The maximum absolute atomic E-state index is 13.1. The molecule has 2 aromatic rings. The lowest BCUT2D eigenvalue weighted by atomic mass is 9.53. The average Bonchev–Trinajstić information content (AvgIpc) is 3.39. The maximum atomic E-state index is 13.1. The minimum absolute atomic E-state index is 0.0438. The zero-order chi connectivity index (χ0) is 21.2. The predicted octanol–water partition coefficient (Wildman–Crippen LogP) is 3.96. The molecule has 0 spiro atoms. The van der Waals surface area contributed by atoms with Gasteiger partial charge in [-0.1, -0.05) is 26.7 Å². The quantitative estimate of drug-likeness (QED) is 0.525. The lowest BCUT2D eigenvalue weighted by Gasteiger charge is -2.51. The molecular formula is C22H32N6O2. The summed E-state index contributed by atoms with van der Waals surface area (Å²) in [6, 6.07) is 3.83. The van der Waals surface area contributed by atoms with Gasteiger partial charge >= 0.3 is 0 Å². The summed E-state index contributed by atoms with van der Waals surface area (Å²) in [6.45, 7) is 4.22. The van der Waals surface area contributed by atoms with Crippen LogP contribution in [0.5, 0.6) is 0 Å². The molecule has 3 aliphatic carbocycles. The van der Waals surface area contributed by atoms with Gasteiger partial charge in [-0.15, -0.1) is 0 Å². The fraction of sp³-hybridized carbons (Fsp3) is 0.636. The highest BCUT2D eigenvalue weighted by molar-refractivity contribution is 5.98. The first-order valence-electron chi connectivity index (χ1n) is 11.2. The molecule has 30 heavy (non-hydrogen) atoms. The van der Waals surface area contributed by atoms with Crippen LogP contribution in [0.2, 0.25) is 0 Å². The van der Waals surface area contributed by atoms with Crippen LogP contribution < -0.4 is 10.6 Å². The number of aromatic amines is 2. The summed E-state index contributed by atoms with van der Waals surface area (Å²) in [5.74, 6) is 1.28. The molecule has 0 aromatic carbocycles. The number of rotatable bonds is 8. The number of anilines is 2. The van der Waals surface area contributed by atoms with E-state index in [0.717, 1.165) is 75.6 Å². The van der Waals surface area contributed by atoms with Gasteiger partial charge in [0.15, 0.2) is 11.6 Å². The molecule has 8 nitrogen and oxygen atoms in total. The highest BCUT2D eigenvalue weighted by atomic mass is 16.2. The molecule has 3 fully saturated rings. The Balaban J connectivity index is 1.36. The molecule has 2 amide bonds. The number of amides is 2. The minimum atomic E-state index is -0.382. The van der Waals surface area contributed by atoms with E-state index in [4.69, 9.17) is 0 Å². The largest absolute Gasteiger partial charge is 0.309 e. The van der Waals surface area contributed by atoms with Crippen LogP contribution in [0, 0.1) is 10.8 Å². The van der Waals surface area contributed by atoms with Crippen molar-refractivity contribution in [2.24, 2.45) is 10.8 Å². The summed E-state index contributed by atoms with van der Waals surface area (Å²) in [5.41, 5.74) is 1.31. The minimum Gasteiger partial charge on any atom is -0.309 e. The molecule has 2 heterocycles. The molecule has 3 saturated carbocycles.